The third kappa shape index (κ3) is 3.77. The van der Waals surface area contributed by atoms with Crippen molar-refractivity contribution in [3.63, 3.8) is 0 Å². The third-order valence-electron chi connectivity index (χ3n) is 4.05. The van der Waals surface area contributed by atoms with Gasteiger partial charge in [-0.1, -0.05) is 17.7 Å². The van der Waals surface area contributed by atoms with E-state index in [1.54, 1.807) is 5.57 Å². The predicted molar refractivity (Wildman–Crippen MR) is 81.8 cm³/mol. The second kappa shape index (κ2) is 6.96. The largest absolute Gasteiger partial charge is 0.486 e. The lowest BCUT2D eigenvalue weighted by atomic mass is 10.1. The van der Waals surface area contributed by atoms with E-state index in [9.17, 15) is 5.11 Å². The Morgan fingerprint density at radius 1 is 1.19 bits per heavy atom. The van der Waals surface area contributed by atoms with Crippen LogP contribution in [0.1, 0.15) is 37.4 Å². The summed E-state index contributed by atoms with van der Waals surface area (Å²) in [4.78, 5) is 0. The van der Waals surface area contributed by atoms with Gasteiger partial charge in [-0.05, 0) is 49.9 Å². The number of rotatable bonds is 6. The highest BCUT2D eigenvalue weighted by Gasteiger charge is 2.15. The standard InChI is InChI=1S/C17H23NO3/c19-15(12-18-8-7-13-3-1-2-4-13)14-5-6-16-17(11-14)21-10-9-20-16/h3,5-6,11,15,18-19H,1-2,4,7-10,12H2. The fourth-order valence-electron chi connectivity index (χ4n) is 2.84. The summed E-state index contributed by atoms with van der Waals surface area (Å²) in [5.41, 5.74) is 2.42. The van der Waals surface area contributed by atoms with Gasteiger partial charge < -0.3 is 19.9 Å². The summed E-state index contributed by atoms with van der Waals surface area (Å²) in [6.45, 7) is 2.65. The Balaban J connectivity index is 1.47. The van der Waals surface area contributed by atoms with Gasteiger partial charge in [0.05, 0.1) is 6.10 Å². The van der Waals surface area contributed by atoms with Crippen LogP contribution in [-0.2, 0) is 0 Å². The quantitative estimate of drug-likeness (QED) is 0.624. The summed E-state index contributed by atoms with van der Waals surface area (Å²) in [5.74, 6) is 1.49. The lowest BCUT2D eigenvalue weighted by Gasteiger charge is -2.20. The van der Waals surface area contributed by atoms with E-state index in [-0.39, 0.29) is 0 Å². The number of hydrogen-bond acceptors (Lipinski definition) is 4. The van der Waals surface area contributed by atoms with Gasteiger partial charge in [0.1, 0.15) is 13.2 Å². The summed E-state index contributed by atoms with van der Waals surface area (Å²) in [7, 11) is 0. The number of fused-ring (bicyclic) bond motifs is 1. The highest BCUT2D eigenvalue weighted by molar-refractivity contribution is 5.44. The van der Waals surface area contributed by atoms with Crippen molar-refractivity contribution in [3.05, 3.63) is 35.4 Å². The Labute approximate surface area is 125 Å². The maximum atomic E-state index is 10.2. The Bertz CT molecular complexity index is 513. The summed E-state index contributed by atoms with van der Waals surface area (Å²) >= 11 is 0. The Morgan fingerprint density at radius 2 is 2.05 bits per heavy atom. The van der Waals surface area contributed by atoms with Gasteiger partial charge >= 0.3 is 0 Å². The van der Waals surface area contributed by atoms with E-state index >= 15 is 0 Å². The van der Waals surface area contributed by atoms with Crippen LogP contribution in [0.5, 0.6) is 11.5 Å². The Hall–Kier alpha value is -1.52. The fourth-order valence-corrected chi connectivity index (χ4v) is 2.84. The Kier molecular flexibility index (Phi) is 4.78. The minimum absolute atomic E-state index is 0.515. The maximum absolute atomic E-state index is 10.2. The molecule has 0 bridgehead atoms. The minimum Gasteiger partial charge on any atom is -0.486 e. The van der Waals surface area contributed by atoms with Crippen molar-refractivity contribution in [2.45, 2.75) is 31.8 Å². The molecule has 0 saturated carbocycles. The van der Waals surface area contributed by atoms with Crippen LogP contribution in [-0.4, -0.2) is 31.4 Å². The molecule has 1 aromatic rings. The van der Waals surface area contributed by atoms with Crippen LogP contribution in [0.25, 0.3) is 0 Å². The zero-order chi connectivity index (χ0) is 14.5. The molecule has 1 aliphatic heterocycles. The molecule has 0 radical (unpaired) electrons. The highest BCUT2D eigenvalue weighted by Crippen LogP contribution is 2.32. The van der Waals surface area contributed by atoms with Gasteiger partial charge in [-0.15, -0.1) is 0 Å². The molecule has 0 spiro atoms. The fraction of sp³-hybridized carbons (Fsp3) is 0.529. The molecule has 1 unspecified atom stereocenters. The molecule has 4 heteroatoms. The normalized spacial score (nSPS) is 18.4. The van der Waals surface area contributed by atoms with E-state index in [1.807, 2.05) is 18.2 Å². The molecule has 21 heavy (non-hydrogen) atoms. The number of benzene rings is 1. The highest BCUT2D eigenvalue weighted by atomic mass is 16.6. The van der Waals surface area contributed by atoms with Gasteiger partial charge in [0.15, 0.2) is 11.5 Å². The molecular formula is C17H23NO3. The second-order valence-electron chi connectivity index (χ2n) is 5.63. The summed E-state index contributed by atoms with van der Waals surface area (Å²) in [5, 5.41) is 13.6. The lowest BCUT2D eigenvalue weighted by Crippen LogP contribution is -2.23. The molecule has 0 saturated heterocycles. The Morgan fingerprint density at radius 3 is 2.86 bits per heavy atom. The van der Waals surface area contributed by atoms with E-state index in [1.165, 1.54) is 19.3 Å². The van der Waals surface area contributed by atoms with Gasteiger partial charge in [-0.3, -0.25) is 0 Å². The van der Waals surface area contributed by atoms with E-state index in [0.717, 1.165) is 30.0 Å². The van der Waals surface area contributed by atoms with Crippen LogP contribution >= 0.6 is 0 Å². The molecule has 1 heterocycles. The molecule has 4 nitrogen and oxygen atoms in total. The molecule has 2 aliphatic rings. The number of hydrogen-bond donors (Lipinski definition) is 2. The molecule has 3 rings (SSSR count). The van der Waals surface area contributed by atoms with Gasteiger partial charge in [-0.2, -0.15) is 0 Å². The van der Waals surface area contributed by atoms with Crippen LogP contribution in [0.2, 0.25) is 0 Å². The molecule has 2 N–H and O–H groups in total. The smallest absolute Gasteiger partial charge is 0.161 e. The van der Waals surface area contributed by atoms with E-state index in [2.05, 4.69) is 11.4 Å². The van der Waals surface area contributed by atoms with Crippen molar-refractivity contribution >= 4 is 0 Å². The molecule has 1 aliphatic carbocycles. The summed E-state index contributed by atoms with van der Waals surface area (Å²) in [6, 6.07) is 5.65. The first-order valence-corrected chi connectivity index (χ1v) is 7.79. The molecule has 1 atom stereocenters. The average Bonchev–Trinajstić information content (AvgIpc) is 3.04. The molecule has 0 amide bonds. The van der Waals surface area contributed by atoms with Crippen molar-refractivity contribution in [3.8, 4) is 11.5 Å². The van der Waals surface area contributed by atoms with E-state index in [0.29, 0.717) is 19.8 Å². The molecular weight excluding hydrogens is 266 g/mol. The second-order valence-corrected chi connectivity index (χ2v) is 5.63. The van der Waals surface area contributed by atoms with Gasteiger partial charge in [0.25, 0.3) is 0 Å². The zero-order valence-corrected chi connectivity index (χ0v) is 12.3. The number of aliphatic hydroxyl groups is 1. The average molecular weight is 289 g/mol. The van der Waals surface area contributed by atoms with E-state index in [4.69, 9.17) is 9.47 Å². The van der Waals surface area contributed by atoms with Gasteiger partial charge in [0, 0.05) is 6.54 Å². The molecule has 114 valence electrons. The number of aliphatic hydroxyl groups excluding tert-OH is 1. The topological polar surface area (TPSA) is 50.7 Å². The first kappa shape index (κ1) is 14.4. The van der Waals surface area contributed by atoms with Crippen molar-refractivity contribution < 1.29 is 14.6 Å². The number of allylic oxidation sites excluding steroid dienone is 1. The molecule has 0 aromatic heterocycles. The van der Waals surface area contributed by atoms with Crippen LogP contribution in [0.3, 0.4) is 0 Å². The number of nitrogens with one attached hydrogen (secondary N) is 1. The van der Waals surface area contributed by atoms with Crippen molar-refractivity contribution in [2.75, 3.05) is 26.3 Å². The first-order chi connectivity index (χ1) is 10.3. The van der Waals surface area contributed by atoms with Gasteiger partial charge in [-0.25, -0.2) is 0 Å². The molecule has 1 aromatic carbocycles. The van der Waals surface area contributed by atoms with Crippen molar-refractivity contribution in [1.29, 1.82) is 0 Å². The monoisotopic (exact) mass is 289 g/mol. The number of ether oxygens (including phenoxy) is 2. The van der Waals surface area contributed by atoms with Crippen LogP contribution in [0, 0.1) is 0 Å². The summed E-state index contributed by atoms with van der Waals surface area (Å²) in [6.07, 6.45) is 6.70. The van der Waals surface area contributed by atoms with Crippen LogP contribution in [0.15, 0.2) is 29.8 Å². The zero-order valence-electron chi connectivity index (χ0n) is 12.3. The van der Waals surface area contributed by atoms with Crippen LogP contribution < -0.4 is 14.8 Å². The molecule has 0 fully saturated rings. The maximum Gasteiger partial charge on any atom is 0.161 e. The van der Waals surface area contributed by atoms with Crippen LogP contribution in [0.4, 0.5) is 0 Å². The van der Waals surface area contributed by atoms with Crippen molar-refractivity contribution in [1.82, 2.24) is 5.32 Å². The minimum atomic E-state index is -0.515. The first-order valence-electron chi connectivity index (χ1n) is 7.79. The van der Waals surface area contributed by atoms with Gasteiger partial charge in [0.2, 0.25) is 0 Å². The lowest BCUT2D eigenvalue weighted by molar-refractivity contribution is 0.163. The van der Waals surface area contributed by atoms with E-state index < -0.39 is 6.10 Å². The third-order valence-corrected chi connectivity index (χ3v) is 4.05. The predicted octanol–water partition coefficient (Wildman–Crippen LogP) is 2.58. The summed E-state index contributed by atoms with van der Waals surface area (Å²) < 4.78 is 11.0. The van der Waals surface area contributed by atoms with Crippen molar-refractivity contribution in [2.24, 2.45) is 0 Å². The SMILES string of the molecule is OC(CNCCC1=CCCC1)c1ccc2c(c1)OCCO2.